The topological polar surface area (TPSA) is 216 Å². The minimum absolute atomic E-state index is 0.299. The molecule has 16 heteroatoms. The second-order valence-electron chi connectivity index (χ2n) is 14.4. The van der Waals surface area contributed by atoms with E-state index in [-0.39, 0.29) is 11.8 Å². The first-order valence-electron chi connectivity index (χ1n) is 18.3. The van der Waals surface area contributed by atoms with E-state index in [1.54, 1.807) is 51.8 Å². The van der Waals surface area contributed by atoms with Crippen molar-refractivity contribution in [3.63, 3.8) is 0 Å². The van der Waals surface area contributed by atoms with E-state index in [1.165, 1.54) is 0 Å². The quantitative estimate of drug-likeness (QED) is 0.207. The van der Waals surface area contributed by atoms with Crippen molar-refractivity contribution in [2.75, 3.05) is 10.6 Å². The van der Waals surface area contributed by atoms with Crippen molar-refractivity contribution in [3.8, 4) is 0 Å². The number of aromatic nitrogens is 8. The number of hydrogen-bond donors (Lipinski definition) is 4. The minimum atomic E-state index is -0.571. The molecule has 6 aromatic rings. The van der Waals surface area contributed by atoms with Gasteiger partial charge in [0.25, 0.3) is 11.8 Å². The number of hydrogen-bond acceptors (Lipinski definition) is 8. The molecule has 16 nitrogen and oxygen atoms in total. The molecule has 4 amide bonds. The van der Waals surface area contributed by atoms with Gasteiger partial charge in [0.15, 0.2) is 0 Å². The molecule has 1 fully saturated rings. The summed E-state index contributed by atoms with van der Waals surface area (Å²) in [6.07, 6.45) is 3.80. The molecule has 278 valence electrons. The van der Waals surface area contributed by atoms with E-state index < -0.39 is 11.8 Å². The summed E-state index contributed by atoms with van der Waals surface area (Å²) < 4.78 is 7.39. The molecule has 6 heterocycles. The molecule has 0 saturated heterocycles. The SMILES string of the molecule is CCn1nc(C)c2c1C(=O)Nc1nc3cc(C(N)=O)ccc3n1CCCCn1c(nc3cc(C(N)=O)ccc31)NC(=O)c1cc(C)nn1CC1CC(C2)C1. The highest BCUT2D eigenvalue weighted by Gasteiger charge is 2.34. The van der Waals surface area contributed by atoms with Crippen LogP contribution in [0.3, 0.4) is 0 Å². The lowest BCUT2D eigenvalue weighted by Crippen LogP contribution is -2.31. The van der Waals surface area contributed by atoms with Crippen molar-refractivity contribution in [2.24, 2.45) is 23.3 Å². The van der Waals surface area contributed by atoms with Crippen LogP contribution in [0.4, 0.5) is 11.9 Å². The maximum absolute atomic E-state index is 14.2. The van der Waals surface area contributed by atoms with E-state index in [0.717, 1.165) is 40.8 Å². The van der Waals surface area contributed by atoms with E-state index in [1.807, 2.05) is 29.9 Å². The standard InChI is InChI=1S/C38H42N12O4/c1-4-49-32-26(21(3)46-49)16-22-14-23(15-22)19-50-31(13-20(2)45-50)35(53)43-37-41-27-17-24(33(39)51)7-9-29(27)47(37)11-5-6-12-48-30-10-8-25(34(40)52)18-28(30)42-38(48)44-36(32)54/h7-10,13,17-18,22-23H,4-6,11-12,14-16,19H2,1-3H3,(H2,39,51)(H2,40,52)(H,41,43,53)(H,42,44,54). The van der Waals surface area contributed by atoms with Gasteiger partial charge in [0.1, 0.15) is 11.4 Å². The van der Waals surface area contributed by atoms with Crippen LogP contribution >= 0.6 is 0 Å². The number of carbonyl (C=O) groups excluding carboxylic acids is 4. The van der Waals surface area contributed by atoms with Gasteiger partial charge in [0.05, 0.1) is 33.5 Å². The van der Waals surface area contributed by atoms with Gasteiger partial charge >= 0.3 is 0 Å². The van der Waals surface area contributed by atoms with Gasteiger partial charge in [-0.1, -0.05) is 0 Å². The zero-order valence-corrected chi connectivity index (χ0v) is 30.4. The predicted octanol–water partition coefficient (Wildman–Crippen LogP) is 4.18. The molecular weight excluding hydrogens is 688 g/mol. The summed E-state index contributed by atoms with van der Waals surface area (Å²) in [7, 11) is 0. The molecule has 2 aromatic carbocycles. The average molecular weight is 731 g/mol. The summed E-state index contributed by atoms with van der Waals surface area (Å²) in [5.41, 5.74) is 17.8. The van der Waals surface area contributed by atoms with Gasteiger partial charge < -0.3 is 20.6 Å². The first-order chi connectivity index (χ1) is 26.0. The number of fused-ring (bicyclic) bond motifs is 7. The molecular formula is C38H42N12O4. The number of imidazole rings is 2. The van der Waals surface area contributed by atoms with Crippen molar-refractivity contribution in [2.45, 2.75) is 79.1 Å². The molecule has 1 aliphatic carbocycles. The Hall–Kier alpha value is -6.32. The average Bonchev–Trinajstić information content (AvgIpc) is 3.85. The molecule has 2 bridgehead atoms. The van der Waals surface area contributed by atoms with Crippen molar-refractivity contribution in [3.05, 3.63) is 81.9 Å². The van der Waals surface area contributed by atoms with Crippen LogP contribution in [0.25, 0.3) is 22.1 Å². The van der Waals surface area contributed by atoms with Gasteiger partial charge in [0.2, 0.25) is 23.7 Å². The molecule has 4 aromatic heterocycles. The van der Waals surface area contributed by atoms with Crippen LogP contribution in [0.1, 0.15) is 91.3 Å². The van der Waals surface area contributed by atoms with Gasteiger partial charge in [-0.05, 0) is 107 Å². The molecule has 2 aliphatic heterocycles. The Morgan fingerprint density at radius 2 is 1.37 bits per heavy atom. The normalized spacial score (nSPS) is 18.1. The number of benzene rings is 2. The first-order valence-corrected chi connectivity index (χ1v) is 18.3. The number of amides is 4. The monoisotopic (exact) mass is 730 g/mol. The van der Waals surface area contributed by atoms with Crippen LogP contribution in [0, 0.1) is 25.7 Å². The third kappa shape index (κ3) is 6.26. The Kier molecular flexibility index (Phi) is 8.74. The predicted molar refractivity (Wildman–Crippen MR) is 201 cm³/mol. The highest BCUT2D eigenvalue weighted by molar-refractivity contribution is 6.05. The largest absolute Gasteiger partial charge is 0.366 e. The van der Waals surface area contributed by atoms with Crippen molar-refractivity contribution >= 4 is 57.6 Å². The first kappa shape index (κ1) is 34.7. The number of anilines is 2. The fourth-order valence-electron chi connectivity index (χ4n) is 8.01. The number of nitrogens with one attached hydrogen (secondary N) is 2. The summed E-state index contributed by atoms with van der Waals surface area (Å²) in [6, 6.07) is 11.9. The van der Waals surface area contributed by atoms with Crippen LogP contribution in [-0.4, -0.2) is 62.3 Å². The number of carbonyl (C=O) groups is 4. The molecule has 3 aliphatic rings. The van der Waals surface area contributed by atoms with E-state index in [9.17, 15) is 19.2 Å². The second kappa shape index (κ2) is 13.6. The number of rotatable bonds is 3. The zero-order valence-electron chi connectivity index (χ0n) is 30.4. The number of aryl methyl sites for hydroxylation is 5. The van der Waals surface area contributed by atoms with Gasteiger partial charge in [-0.15, -0.1) is 0 Å². The Morgan fingerprint density at radius 3 is 1.93 bits per heavy atom. The molecule has 54 heavy (non-hydrogen) atoms. The van der Waals surface area contributed by atoms with Crippen molar-refractivity contribution < 1.29 is 19.2 Å². The van der Waals surface area contributed by atoms with E-state index in [2.05, 4.69) is 15.7 Å². The molecule has 9 rings (SSSR count). The highest BCUT2D eigenvalue weighted by atomic mass is 16.2. The molecule has 6 N–H and O–H groups in total. The van der Waals surface area contributed by atoms with Crippen LogP contribution in [0.15, 0.2) is 42.5 Å². The number of nitrogens with two attached hydrogens (primary N) is 2. The van der Waals surface area contributed by atoms with Crippen LogP contribution in [0.2, 0.25) is 0 Å². The summed E-state index contributed by atoms with van der Waals surface area (Å²) in [5.74, 6) is -0.440. The molecule has 0 unspecified atom stereocenters. The Balaban J connectivity index is 1.19. The minimum Gasteiger partial charge on any atom is -0.366 e. The Labute approximate surface area is 309 Å². The van der Waals surface area contributed by atoms with E-state index in [0.29, 0.717) is 103 Å². The second-order valence-corrected chi connectivity index (χ2v) is 14.4. The number of primary amides is 2. The Bertz CT molecular complexity index is 2500. The van der Waals surface area contributed by atoms with E-state index >= 15 is 0 Å². The van der Waals surface area contributed by atoms with Gasteiger partial charge in [0, 0.05) is 42.9 Å². The van der Waals surface area contributed by atoms with Crippen LogP contribution in [-0.2, 0) is 32.6 Å². The molecule has 0 atom stereocenters. The van der Waals surface area contributed by atoms with Gasteiger partial charge in [-0.25, -0.2) is 9.97 Å². The molecule has 0 radical (unpaired) electrons. The third-order valence-electron chi connectivity index (χ3n) is 10.7. The van der Waals surface area contributed by atoms with Gasteiger partial charge in [-0.2, -0.15) is 10.2 Å². The van der Waals surface area contributed by atoms with Crippen molar-refractivity contribution in [1.29, 1.82) is 0 Å². The fourth-order valence-corrected chi connectivity index (χ4v) is 8.01. The summed E-state index contributed by atoms with van der Waals surface area (Å²) in [6.45, 7) is 7.83. The summed E-state index contributed by atoms with van der Waals surface area (Å²) >= 11 is 0. The van der Waals surface area contributed by atoms with Crippen LogP contribution in [0.5, 0.6) is 0 Å². The molecule has 1 saturated carbocycles. The van der Waals surface area contributed by atoms with Crippen LogP contribution < -0.4 is 22.1 Å². The van der Waals surface area contributed by atoms with E-state index in [4.69, 9.17) is 26.5 Å². The number of nitrogens with zero attached hydrogens (tertiary/aromatic N) is 8. The maximum atomic E-state index is 14.2. The summed E-state index contributed by atoms with van der Waals surface area (Å²) in [5, 5.41) is 15.5. The van der Waals surface area contributed by atoms with Gasteiger partial charge in [-0.3, -0.25) is 39.2 Å². The smallest absolute Gasteiger partial charge is 0.276 e. The lowest BCUT2D eigenvalue weighted by Gasteiger charge is -2.35. The highest BCUT2D eigenvalue weighted by Crippen LogP contribution is 2.39. The zero-order chi connectivity index (χ0) is 37.8. The Morgan fingerprint density at radius 1 is 0.796 bits per heavy atom. The maximum Gasteiger partial charge on any atom is 0.276 e. The fraction of sp³-hybridized carbons (Fsp3) is 0.368. The summed E-state index contributed by atoms with van der Waals surface area (Å²) in [4.78, 5) is 61.7. The lowest BCUT2D eigenvalue weighted by atomic mass is 9.72. The lowest BCUT2D eigenvalue weighted by molar-refractivity contribution is 0.0992. The third-order valence-corrected chi connectivity index (χ3v) is 10.7. The molecule has 0 spiro atoms. The van der Waals surface area contributed by atoms with Crippen molar-refractivity contribution in [1.82, 2.24) is 38.7 Å².